The van der Waals surface area contributed by atoms with Crippen LogP contribution in [-0.4, -0.2) is 37.7 Å². The Morgan fingerprint density at radius 1 is 1.02 bits per heavy atom. The van der Waals surface area contributed by atoms with Crippen LogP contribution in [0.4, 0.5) is 0 Å². The number of carbonyl (C=O) groups excluding carboxylic acids is 1. The maximum atomic E-state index is 14.1. The monoisotopic (exact) mass is 584 g/mol. The smallest absolute Gasteiger partial charge is 0.338 e. The van der Waals surface area contributed by atoms with Crippen molar-refractivity contribution in [3.05, 3.63) is 109 Å². The van der Waals surface area contributed by atoms with Gasteiger partial charge in [-0.25, -0.2) is 9.79 Å². The van der Waals surface area contributed by atoms with Gasteiger partial charge in [0.25, 0.3) is 5.56 Å². The Hall–Kier alpha value is -4.83. The summed E-state index contributed by atoms with van der Waals surface area (Å²) in [4.78, 5) is 33.1. The minimum absolute atomic E-state index is 0.100. The average Bonchev–Trinajstić information content (AvgIpc) is 3.60. The highest BCUT2D eigenvalue weighted by Crippen LogP contribution is 2.40. The fourth-order valence-electron chi connectivity index (χ4n) is 5.04. The van der Waals surface area contributed by atoms with Crippen molar-refractivity contribution in [2.24, 2.45) is 4.99 Å². The van der Waals surface area contributed by atoms with Gasteiger partial charge >= 0.3 is 5.97 Å². The van der Waals surface area contributed by atoms with Crippen LogP contribution in [-0.2, 0) is 9.53 Å². The summed E-state index contributed by atoms with van der Waals surface area (Å²) in [5, 5.41) is 0. The molecule has 1 atom stereocenters. The molecule has 0 N–H and O–H groups in total. The lowest BCUT2D eigenvalue weighted by Crippen LogP contribution is -2.40. The van der Waals surface area contributed by atoms with Crippen LogP contribution >= 0.6 is 11.3 Å². The molecule has 4 aromatic rings. The molecule has 3 heterocycles. The minimum Gasteiger partial charge on any atom is -0.493 e. The van der Waals surface area contributed by atoms with Gasteiger partial charge in [-0.05, 0) is 55.3 Å². The Morgan fingerprint density at radius 2 is 1.83 bits per heavy atom. The Labute approximate surface area is 245 Å². The number of aromatic nitrogens is 1. The molecular weight excluding hydrogens is 556 g/mol. The quantitative estimate of drug-likeness (QED) is 0.288. The van der Waals surface area contributed by atoms with Crippen LogP contribution in [0.1, 0.15) is 36.6 Å². The van der Waals surface area contributed by atoms with Gasteiger partial charge in [0, 0.05) is 5.56 Å². The number of ether oxygens (including phenoxy) is 5. The summed E-state index contributed by atoms with van der Waals surface area (Å²) >= 11 is 1.25. The molecule has 0 radical (unpaired) electrons. The molecule has 0 saturated heterocycles. The van der Waals surface area contributed by atoms with E-state index >= 15 is 0 Å². The molecule has 1 unspecified atom stereocenters. The normalized spacial score (nSPS) is 15.7. The predicted molar refractivity (Wildman–Crippen MR) is 158 cm³/mol. The van der Waals surface area contributed by atoms with Crippen molar-refractivity contribution < 1.29 is 28.5 Å². The van der Waals surface area contributed by atoms with E-state index in [9.17, 15) is 9.59 Å². The van der Waals surface area contributed by atoms with Crippen molar-refractivity contribution in [1.82, 2.24) is 4.57 Å². The van der Waals surface area contributed by atoms with Crippen molar-refractivity contribution in [3.8, 4) is 23.0 Å². The number of hydrogen-bond acceptors (Lipinski definition) is 9. The second-order valence-electron chi connectivity index (χ2n) is 9.39. The van der Waals surface area contributed by atoms with Gasteiger partial charge in [-0.15, -0.1) is 0 Å². The minimum atomic E-state index is -0.818. The lowest BCUT2D eigenvalue weighted by molar-refractivity contribution is -0.138. The summed E-state index contributed by atoms with van der Waals surface area (Å²) in [6.45, 7) is 4.38. The molecule has 0 spiro atoms. The van der Waals surface area contributed by atoms with Crippen LogP contribution in [0.3, 0.4) is 0 Å². The van der Waals surface area contributed by atoms with E-state index in [-0.39, 0.29) is 24.5 Å². The second-order valence-corrected chi connectivity index (χ2v) is 10.4. The van der Waals surface area contributed by atoms with E-state index in [1.54, 1.807) is 42.9 Å². The lowest BCUT2D eigenvalue weighted by atomic mass is 9.93. The molecule has 42 heavy (non-hydrogen) atoms. The van der Waals surface area contributed by atoms with Crippen LogP contribution in [0, 0.1) is 0 Å². The Bertz CT molecular complexity index is 1870. The maximum Gasteiger partial charge on any atom is 0.338 e. The van der Waals surface area contributed by atoms with E-state index in [0.29, 0.717) is 50.2 Å². The first-order valence-corrected chi connectivity index (χ1v) is 14.3. The molecule has 10 heteroatoms. The fraction of sp³-hybridized carbons (Fsp3) is 0.219. The highest BCUT2D eigenvalue weighted by Gasteiger charge is 2.36. The molecule has 0 amide bonds. The lowest BCUT2D eigenvalue weighted by Gasteiger charge is -2.26. The van der Waals surface area contributed by atoms with Crippen LogP contribution in [0.2, 0.25) is 0 Å². The number of esters is 1. The largest absolute Gasteiger partial charge is 0.493 e. The molecule has 9 nitrogen and oxygen atoms in total. The zero-order valence-electron chi connectivity index (χ0n) is 23.3. The SMILES string of the molecule is CCOC(=O)C1=C(c2ccccc2)N=c2s/c(=C/c3ccc(OC)c(OCC)c3)c(=O)n2C1c1ccc2c(c1)OCO2. The van der Waals surface area contributed by atoms with Gasteiger partial charge in [-0.2, -0.15) is 0 Å². The van der Waals surface area contributed by atoms with Crippen LogP contribution in [0.25, 0.3) is 11.8 Å². The van der Waals surface area contributed by atoms with E-state index in [4.69, 9.17) is 28.7 Å². The van der Waals surface area contributed by atoms with Crippen molar-refractivity contribution in [2.75, 3.05) is 27.1 Å². The van der Waals surface area contributed by atoms with Gasteiger partial charge < -0.3 is 23.7 Å². The van der Waals surface area contributed by atoms with Gasteiger partial charge in [0.2, 0.25) is 6.79 Å². The Morgan fingerprint density at radius 3 is 2.60 bits per heavy atom. The molecule has 0 fully saturated rings. The number of methoxy groups -OCH3 is 1. The summed E-state index contributed by atoms with van der Waals surface area (Å²) in [7, 11) is 1.58. The summed E-state index contributed by atoms with van der Waals surface area (Å²) < 4.78 is 29.8. The molecule has 0 bridgehead atoms. The van der Waals surface area contributed by atoms with Gasteiger partial charge in [-0.3, -0.25) is 9.36 Å². The van der Waals surface area contributed by atoms with Crippen LogP contribution < -0.4 is 33.8 Å². The van der Waals surface area contributed by atoms with Crippen LogP contribution in [0.15, 0.2) is 82.1 Å². The zero-order valence-corrected chi connectivity index (χ0v) is 24.1. The first-order chi connectivity index (χ1) is 20.5. The molecular formula is C32H28N2O7S. The third kappa shape index (κ3) is 4.94. The number of fused-ring (bicyclic) bond motifs is 2. The molecule has 3 aromatic carbocycles. The number of hydrogen-bond donors (Lipinski definition) is 0. The fourth-order valence-corrected chi connectivity index (χ4v) is 6.04. The van der Waals surface area contributed by atoms with E-state index in [2.05, 4.69) is 0 Å². The third-order valence-corrected chi connectivity index (χ3v) is 7.85. The summed E-state index contributed by atoms with van der Waals surface area (Å²) in [6.07, 6.45) is 1.79. The standard InChI is InChI=1S/C32H28N2O7S/c1-4-38-24-15-19(11-13-22(24)37-3)16-26-30(35)34-29(21-12-14-23-25(17-21)41-18-40-23)27(31(36)39-5-2)28(33-32(34)42-26)20-9-7-6-8-10-20/h6-17,29H,4-5,18H2,1-3H3/b26-16+. The highest BCUT2D eigenvalue weighted by atomic mass is 32.1. The van der Waals surface area contributed by atoms with E-state index in [0.717, 1.165) is 11.1 Å². The molecule has 214 valence electrons. The zero-order chi connectivity index (χ0) is 29.2. The van der Waals surface area contributed by atoms with Gasteiger partial charge in [-0.1, -0.05) is 53.8 Å². The van der Waals surface area contributed by atoms with E-state index in [1.165, 1.54) is 11.3 Å². The maximum absolute atomic E-state index is 14.1. The number of benzene rings is 3. The number of thiazole rings is 1. The molecule has 2 aliphatic rings. The number of rotatable bonds is 8. The van der Waals surface area contributed by atoms with Crippen molar-refractivity contribution in [3.63, 3.8) is 0 Å². The van der Waals surface area contributed by atoms with E-state index in [1.807, 2.05) is 55.5 Å². The van der Waals surface area contributed by atoms with Crippen LogP contribution in [0.5, 0.6) is 23.0 Å². The van der Waals surface area contributed by atoms with Gasteiger partial charge in [0.05, 0.1) is 42.2 Å². The molecule has 2 aliphatic heterocycles. The van der Waals surface area contributed by atoms with E-state index < -0.39 is 12.0 Å². The van der Waals surface area contributed by atoms with Crippen molar-refractivity contribution >= 4 is 29.1 Å². The van der Waals surface area contributed by atoms with Gasteiger partial charge in [0.1, 0.15) is 0 Å². The molecule has 0 aliphatic carbocycles. The summed E-state index contributed by atoms with van der Waals surface area (Å²) in [5.41, 5.74) is 2.60. The first kappa shape index (κ1) is 27.3. The topological polar surface area (TPSA) is 97.6 Å². The van der Waals surface area contributed by atoms with Crippen molar-refractivity contribution in [1.29, 1.82) is 0 Å². The molecule has 6 rings (SSSR count). The van der Waals surface area contributed by atoms with Crippen molar-refractivity contribution in [2.45, 2.75) is 19.9 Å². The Balaban J connectivity index is 1.60. The predicted octanol–water partition coefficient (Wildman–Crippen LogP) is 4.07. The first-order valence-electron chi connectivity index (χ1n) is 13.5. The number of carbonyl (C=O) groups is 1. The second kappa shape index (κ2) is 11.6. The Kier molecular flexibility index (Phi) is 7.54. The average molecular weight is 585 g/mol. The molecule has 0 saturated carbocycles. The number of nitrogens with zero attached hydrogens (tertiary/aromatic N) is 2. The summed E-state index contributed by atoms with van der Waals surface area (Å²) in [5.74, 6) is 1.77. The molecule has 1 aromatic heterocycles. The highest BCUT2D eigenvalue weighted by molar-refractivity contribution is 7.07. The van der Waals surface area contributed by atoms with Gasteiger partial charge in [0.15, 0.2) is 27.8 Å². The third-order valence-electron chi connectivity index (χ3n) is 6.87. The summed E-state index contributed by atoms with van der Waals surface area (Å²) in [6, 6.07) is 19.5.